The minimum absolute atomic E-state index is 0.141. The monoisotopic (exact) mass is 232 g/mol. The van der Waals surface area contributed by atoms with Crippen LogP contribution in [0.4, 0.5) is 4.39 Å². The van der Waals surface area contributed by atoms with Crippen molar-refractivity contribution in [1.29, 1.82) is 0 Å². The molecule has 0 aliphatic rings. The summed E-state index contributed by atoms with van der Waals surface area (Å²) in [5, 5.41) is 8.65. The second-order valence-electron chi connectivity index (χ2n) is 3.36. The number of hydrogen-bond acceptors (Lipinski definition) is 2. The summed E-state index contributed by atoms with van der Waals surface area (Å²) in [6.45, 7) is 0. The van der Waals surface area contributed by atoms with Crippen molar-refractivity contribution in [2.75, 3.05) is 0 Å². The van der Waals surface area contributed by atoms with E-state index in [0.717, 1.165) is 0 Å². The molecule has 0 spiro atoms. The molecule has 2 rings (SSSR count). The number of benzene rings is 1. The first-order valence-electron chi connectivity index (χ1n) is 4.92. The Morgan fingerprint density at radius 1 is 1.18 bits per heavy atom. The topological polar surface area (TPSA) is 50.4 Å². The van der Waals surface area contributed by atoms with Gasteiger partial charge in [0.25, 0.3) is 0 Å². The van der Waals surface area contributed by atoms with Gasteiger partial charge in [-0.05, 0) is 30.4 Å². The Kier molecular flexibility index (Phi) is 3.05. The van der Waals surface area contributed by atoms with Crippen LogP contribution in [0.5, 0.6) is 0 Å². The van der Waals surface area contributed by atoms with Crippen molar-refractivity contribution < 1.29 is 18.7 Å². The van der Waals surface area contributed by atoms with E-state index in [0.29, 0.717) is 11.3 Å². The lowest BCUT2D eigenvalue weighted by molar-refractivity contribution is 0.0662. The van der Waals surface area contributed by atoms with Crippen LogP contribution in [0, 0.1) is 5.82 Å². The van der Waals surface area contributed by atoms with Crippen LogP contribution < -0.4 is 0 Å². The molecule has 1 heterocycles. The molecule has 1 aromatic heterocycles. The van der Waals surface area contributed by atoms with Crippen LogP contribution in [0.2, 0.25) is 0 Å². The summed E-state index contributed by atoms with van der Waals surface area (Å²) in [6.07, 6.45) is 3.05. The zero-order valence-electron chi connectivity index (χ0n) is 8.76. The summed E-state index contributed by atoms with van der Waals surface area (Å²) in [6, 6.07) is 9.15. The first-order chi connectivity index (χ1) is 8.16. The van der Waals surface area contributed by atoms with Crippen molar-refractivity contribution in [2.45, 2.75) is 0 Å². The Balaban J connectivity index is 2.20. The fourth-order valence-electron chi connectivity index (χ4n) is 1.34. The van der Waals surface area contributed by atoms with Crippen LogP contribution in [-0.4, -0.2) is 11.1 Å². The van der Waals surface area contributed by atoms with Crippen molar-refractivity contribution >= 4 is 18.1 Å². The Bertz CT molecular complexity index is 570. The van der Waals surface area contributed by atoms with Gasteiger partial charge >= 0.3 is 5.97 Å². The highest BCUT2D eigenvalue weighted by atomic mass is 19.1. The summed E-state index contributed by atoms with van der Waals surface area (Å²) >= 11 is 0. The molecule has 1 N–H and O–H groups in total. The fourth-order valence-corrected chi connectivity index (χ4v) is 1.34. The molecule has 4 heteroatoms. The van der Waals surface area contributed by atoms with E-state index in [4.69, 9.17) is 9.52 Å². The molecule has 2 aromatic rings. The lowest BCUT2D eigenvalue weighted by atomic mass is 10.2. The average Bonchev–Trinajstić information content (AvgIpc) is 2.77. The quantitative estimate of drug-likeness (QED) is 0.883. The molecule has 0 aliphatic carbocycles. The zero-order valence-corrected chi connectivity index (χ0v) is 8.76. The number of furan rings is 1. The average molecular weight is 232 g/mol. The largest absolute Gasteiger partial charge is 0.475 e. The summed E-state index contributed by atoms with van der Waals surface area (Å²) in [5.74, 6) is -1.24. The molecule has 0 amide bonds. The first-order valence-corrected chi connectivity index (χ1v) is 4.92. The van der Waals surface area contributed by atoms with Gasteiger partial charge in [0.15, 0.2) is 0 Å². The summed E-state index contributed by atoms with van der Waals surface area (Å²) in [7, 11) is 0. The molecule has 86 valence electrons. The van der Waals surface area contributed by atoms with E-state index in [2.05, 4.69) is 0 Å². The Morgan fingerprint density at radius 3 is 2.59 bits per heavy atom. The zero-order chi connectivity index (χ0) is 12.3. The van der Waals surface area contributed by atoms with Crippen LogP contribution in [0.3, 0.4) is 0 Å². The number of aromatic carboxylic acids is 1. The molecule has 0 saturated heterocycles. The molecular weight excluding hydrogens is 223 g/mol. The Labute approximate surface area is 96.8 Å². The molecule has 0 bridgehead atoms. The second-order valence-corrected chi connectivity index (χ2v) is 3.36. The van der Waals surface area contributed by atoms with E-state index in [-0.39, 0.29) is 11.6 Å². The van der Waals surface area contributed by atoms with Crippen LogP contribution in [0.15, 0.2) is 40.8 Å². The van der Waals surface area contributed by atoms with Gasteiger partial charge in [-0.3, -0.25) is 0 Å². The van der Waals surface area contributed by atoms with Crippen molar-refractivity contribution in [3.05, 3.63) is 59.3 Å². The van der Waals surface area contributed by atoms with Gasteiger partial charge in [0.05, 0.1) is 0 Å². The normalized spacial score (nSPS) is 10.9. The first kappa shape index (κ1) is 11.1. The number of carboxylic acids is 1. The van der Waals surface area contributed by atoms with E-state index in [1.165, 1.54) is 30.4 Å². The lowest BCUT2D eigenvalue weighted by Gasteiger charge is -1.94. The third kappa shape index (κ3) is 2.60. The number of hydrogen-bond donors (Lipinski definition) is 1. The predicted molar refractivity (Wildman–Crippen MR) is 61.0 cm³/mol. The van der Waals surface area contributed by atoms with E-state index in [1.54, 1.807) is 18.2 Å². The SMILES string of the molecule is O=C(O)c1ccc(/C=C/c2ccccc2F)o1. The van der Waals surface area contributed by atoms with E-state index < -0.39 is 5.97 Å². The summed E-state index contributed by atoms with van der Waals surface area (Å²) < 4.78 is 18.2. The third-order valence-corrected chi connectivity index (χ3v) is 2.17. The minimum Gasteiger partial charge on any atom is -0.475 e. The molecule has 0 radical (unpaired) electrons. The molecule has 0 fully saturated rings. The van der Waals surface area contributed by atoms with Gasteiger partial charge in [0, 0.05) is 5.56 Å². The van der Waals surface area contributed by atoms with Gasteiger partial charge in [-0.2, -0.15) is 0 Å². The fraction of sp³-hybridized carbons (Fsp3) is 0. The van der Waals surface area contributed by atoms with Crippen molar-refractivity contribution in [2.24, 2.45) is 0 Å². The molecule has 0 aliphatic heterocycles. The number of halogens is 1. The van der Waals surface area contributed by atoms with Crippen LogP contribution in [-0.2, 0) is 0 Å². The standard InChI is InChI=1S/C13H9FO3/c14-11-4-2-1-3-9(11)5-6-10-7-8-12(17-10)13(15)16/h1-8H,(H,15,16)/b6-5+. The second kappa shape index (κ2) is 4.65. The maximum absolute atomic E-state index is 13.2. The van der Waals surface area contributed by atoms with Crippen LogP contribution >= 0.6 is 0 Å². The maximum Gasteiger partial charge on any atom is 0.371 e. The van der Waals surface area contributed by atoms with Gasteiger partial charge in [-0.25, -0.2) is 9.18 Å². The van der Waals surface area contributed by atoms with Crippen molar-refractivity contribution in [1.82, 2.24) is 0 Å². The van der Waals surface area contributed by atoms with E-state index >= 15 is 0 Å². The van der Waals surface area contributed by atoms with Crippen LogP contribution in [0.25, 0.3) is 12.2 Å². The van der Waals surface area contributed by atoms with Crippen molar-refractivity contribution in [3.63, 3.8) is 0 Å². The Morgan fingerprint density at radius 2 is 1.94 bits per heavy atom. The number of carbonyl (C=O) groups is 1. The highest BCUT2D eigenvalue weighted by molar-refractivity contribution is 5.84. The predicted octanol–water partition coefficient (Wildman–Crippen LogP) is 3.29. The van der Waals surface area contributed by atoms with Gasteiger partial charge in [0.1, 0.15) is 11.6 Å². The Hall–Kier alpha value is -2.36. The van der Waals surface area contributed by atoms with Gasteiger partial charge in [-0.1, -0.05) is 18.2 Å². The maximum atomic E-state index is 13.2. The van der Waals surface area contributed by atoms with Crippen LogP contribution in [0.1, 0.15) is 21.9 Å². The number of carboxylic acid groups (broad SMARTS) is 1. The number of rotatable bonds is 3. The lowest BCUT2D eigenvalue weighted by Crippen LogP contribution is -1.91. The van der Waals surface area contributed by atoms with E-state index in [9.17, 15) is 9.18 Å². The summed E-state index contributed by atoms with van der Waals surface area (Å²) in [5.41, 5.74) is 0.417. The summed E-state index contributed by atoms with van der Waals surface area (Å²) in [4.78, 5) is 10.6. The highest BCUT2D eigenvalue weighted by Crippen LogP contribution is 2.14. The highest BCUT2D eigenvalue weighted by Gasteiger charge is 2.06. The molecule has 17 heavy (non-hydrogen) atoms. The van der Waals surface area contributed by atoms with Crippen molar-refractivity contribution in [3.8, 4) is 0 Å². The van der Waals surface area contributed by atoms with Gasteiger partial charge in [-0.15, -0.1) is 0 Å². The minimum atomic E-state index is -1.13. The molecular formula is C13H9FO3. The molecule has 0 saturated carbocycles. The molecule has 0 unspecified atom stereocenters. The molecule has 0 atom stereocenters. The molecule has 1 aromatic carbocycles. The third-order valence-electron chi connectivity index (χ3n) is 2.17. The molecule has 3 nitrogen and oxygen atoms in total. The smallest absolute Gasteiger partial charge is 0.371 e. The van der Waals surface area contributed by atoms with E-state index in [1.807, 2.05) is 0 Å². The van der Waals surface area contributed by atoms with Gasteiger partial charge < -0.3 is 9.52 Å². The van der Waals surface area contributed by atoms with Gasteiger partial charge in [0.2, 0.25) is 5.76 Å².